The van der Waals surface area contributed by atoms with Gasteiger partial charge in [-0.1, -0.05) is 34.6 Å². The van der Waals surface area contributed by atoms with Gasteiger partial charge in [0.1, 0.15) is 11.4 Å². The van der Waals surface area contributed by atoms with Crippen molar-refractivity contribution in [1.82, 2.24) is 20.6 Å². The Morgan fingerprint density at radius 3 is 2.54 bits per heavy atom. The minimum absolute atomic E-state index is 0.128. The summed E-state index contributed by atoms with van der Waals surface area (Å²) in [5.74, 6) is -0.140. The van der Waals surface area contributed by atoms with E-state index in [4.69, 9.17) is 0 Å². The highest BCUT2D eigenvalue weighted by Gasteiger charge is 2.20. The number of hydrogen-bond acceptors (Lipinski definition) is 5. The van der Waals surface area contributed by atoms with Crippen LogP contribution in [0.25, 0.3) is 0 Å². The Morgan fingerprint density at radius 2 is 1.88 bits per heavy atom. The summed E-state index contributed by atoms with van der Waals surface area (Å²) in [6.07, 6.45) is 3.57. The molecule has 0 fully saturated rings. The summed E-state index contributed by atoms with van der Waals surface area (Å²) in [5, 5.41) is 10.6. The number of pyridine rings is 1. The number of aromatic nitrogens is 3. The van der Waals surface area contributed by atoms with E-state index >= 15 is 0 Å². The average Bonchev–Trinajstić information content (AvgIpc) is 2.99. The third-order valence-corrected chi connectivity index (χ3v) is 3.92. The van der Waals surface area contributed by atoms with Crippen molar-refractivity contribution in [3.63, 3.8) is 0 Å². The summed E-state index contributed by atoms with van der Waals surface area (Å²) in [7, 11) is 0. The summed E-state index contributed by atoms with van der Waals surface area (Å²) < 4.78 is 4.65. The molecule has 1 N–H and O–H groups in total. The standard InChI is InChI=1S/C18H18N4O2/c1-12-5-3-4-6-15(12)18(14-7-9-19-10-8-14)20-17(23)11-16-13(2)21-24-22-16/h3-10,18H,11H2,1-2H3,(H,20,23)/t18-/m0/s1. The maximum atomic E-state index is 12.5. The van der Waals surface area contributed by atoms with E-state index in [2.05, 4.69) is 25.2 Å². The zero-order valence-electron chi connectivity index (χ0n) is 13.6. The lowest BCUT2D eigenvalue weighted by atomic mass is 9.95. The Hall–Kier alpha value is -3.02. The highest BCUT2D eigenvalue weighted by molar-refractivity contribution is 5.79. The molecule has 122 valence electrons. The molecule has 2 heterocycles. The molecule has 6 heteroatoms. The molecule has 0 aliphatic rings. The van der Waals surface area contributed by atoms with E-state index in [1.54, 1.807) is 19.3 Å². The first kappa shape index (κ1) is 15.9. The molecule has 6 nitrogen and oxygen atoms in total. The van der Waals surface area contributed by atoms with Crippen molar-refractivity contribution in [3.05, 3.63) is 76.9 Å². The molecule has 3 rings (SSSR count). The number of carbonyl (C=O) groups is 1. The monoisotopic (exact) mass is 322 g/mol. The van der Waals surface area contributed by atoms with Gasteiger partial charge in [0.25, 0.3) is 0 Å². The second-order valence-electron chi connectivity index (χ2n) is 5.61. The maximum absolute atomic E-state index is 12.5. The minimum atomic E-state index is -0.248. The number of aryl methyl sites for hydroxylation is 2. The molecule has 0 aliphatic carbocycles. The van der Waals surface area contributed by atoms with Crippen LogP contribution in [0.1, 0.15) is 34.1 Å². The van der Waals surface area contributed by atoms with Crippen molar-refractivity contribution in [2.45, 2.75) is 26.3 Å². The first-order valence-corrected chi connectivity index (χ1v) is 7.68. The van der Waals surface area contributed by atoms with Gasteiger partial charge < -0.3 is 5.32 Å². The molecule has 0 spiro atoms. The summed E-state index contributed by atoms with van der Waals surface area (Å²) in [6.45, 7) is 3.79. The van der Waals surface area contributed by atoms with Crippen molar-refractivity contribution in [3.8, 4) is 0 Å². The predicted molar refractivity (Wildman–Crippen MR) is 88.1 cm³/mol. The predicted octanol–water partition coefficient (Wildman–Crippen LogP) is 2.53. The fraction of sp³-hybridized carbons (Fsp3) is 0.222. The Kier molecular flexibility index (Phi) is 4.65. The van der Waals surface area contributed by atoms with E-state index in [1.165, 1.54) is 0 Å². The van der Waals surface area contributed by atoms with Crippen molar-refractivity contribution in [2.75, 3.05) is 0 Å². The molecule has 1 aromatic carbocycles. The lowest BCUT2D eigenvalue weighted by Crippen LogP contribution is -2.31. The van der Waals surface area contributed by atoms with Crippen LogP contribution in [-0.4, -0.2) is 21.2 Å². The van der Waals surface area contributed by atoms with Crippen LogP contribution in [-0.2, 0) is 11.2 Å². The molecular weight excluding hydrogens is 304 g/mol. The van der Waals surface area contributed by atoms with Crippen molar-refractivity contribution in [2.24, 2.45) is 0 Å². The number of nitrogens with zero attached hydrogens (tertiary/aromatic N) is 3. The Labute approximate surface area is 139 Å². The molecule has 0 saturated heterocycles. The molecule has 0 saturated carbocycles. The van der Waals surface area contributed by atoms with Crippen LogP contribution < -0.4 is 5.32 Å². The number of hydrogen-bond donors (Lipinski definition) is 1. The molecule has 0 radical (unpaired) electrons. The Morgan fingerprint density at radius 1 is 1.12 bits per heavy atom. The van der Waals surface area contributed by atoms with Crippen LogP contribution in [0.4, 0.5) is 0 Å². The van der Waals surface area contributed by atoms with Crippen molar-refractivity contribution < 1.29 is 9.42 Å². The van der Waals surface area contributed by atoms with E-state index in [0.29, 0.717) is 11.4 Å². The number of nitrogens with one attached hydrogen (secondary N) is 1. The topological polar surface area (TPSA) is 80.9 Å². The highest BCUT2D eigenvalue weighted by atomic mass is 16.6. The molecule has 3 aromatic rings. The number of rotatable bonds is 5. The quantitative estimate of drug-likeness (QED) is 0.780. The summed E-state index contributed by atoms with van der Waals surface area (Å²) in [6, 6.07) is 11.6. The van der Waals surface area contributed by atoms with Crippen LogP contribution in [0.15, 0.2) is 53.4 Å². The van der Waals surface area contributed by atoms with Gasteiger partial charge in [-0.3, -0.25) is 9.78 Å². The lowest BCUT2D eigenvalue weighted by Gasteiger charge is -2.21. The van der Waals surface area contributed by atoms with Gasteiger partial charge in [0.2, 0.25) is 5.91 Å². The van der Waals surface area contributed by atoms with Gasteiger partial charge in [-0.2, -0.15) is 0 Å². The van der Waals surface area contributed by atoms with Crippen LogP contribution in [0.2, 0.25) is 0 Å². The zero-order chi connectivity index (χ0) is 16.9. The lowest BCUT2D eigenvalue weighted by molar-refractivity contribution is -0.121. The number of amides is 1. The van der Waals surface area contributed by atoms with Crippen molar-refractivity contribution in [1.29, 1.82) is 0 Å². The van der Waals surface area contributed by atoms with Crippen LogP contribution in [0, 0.1) is 13.8 Å². The largest absolute Gasteiger partial charge is 0.345 e. The van der Waals surface area contributed by atoms with Gasteiger partial charge in [-0.25, -0.2) is 4.63 Å². The van der Waals surface area contributed by atoms with Crippen LogP contribution in [0.3, 0.4) is 0 Å². The van der Waals surface area contributed by atoms with Gasteiger partial charge in [0.05, 0.1) is 12.5 Å². The van der Waals surface area contributed by atoms with E-state index in [0.717, 1.165) is 16.7 Å². The zero-order valence-corrected chi connectivity index (χ0v) is 13.6. The first-order valence-electron chi connectivity index (χ1n) is 7.68. The van der Waals surface area contributed by atoms with Crippen LogP contribution >= 0.6 is 0 Å². The SMILES string of the molecule is Cc1ccccc1[C@@H](NC(=O)Cc1nonc1C)c1ccncc1. The first-order chi connectivity index (χ1) is 11.6. The van der Waals surface area contributed by atoms with E-state index in [1.807, 2.05) is 43.3 Å². The molecule has 0 bridgehead atoms. The molecule has 0 unspecified atom stereocenters. The van der Waals surface area contributed by atoms with Gasteiger partial charge in [-0.15, -0.1) is 0 Å². The normalized spacial score (nSPS) is 11.9. The third kappa shape index (κ3) is 3.48. The molecule has 2 aromatic heterocycles. The summed E-state index contributed by atoms with van der Waals surface area (Å²) in [5.41, 5.74) is 4.31. The minimum Gasteiger partial charge on any atom is -0.345 e. The Balaban J connectivity index is 1.87. The van der Waals surface area contributed by atoms with Gasteiger partial charge in [0.15, 0.2) is 0 Å². The molecule has 0 aliphatic heterocycles. The highest BCUT2D eigenvalue weighted by Crippen LogP contribution is 2.24. The van der Waals surface area contributed by atoms with Crippen LogP contribution in [0.5, 0.6) is 0 Å². The molecule has 1 atom stereocenters. The third-order valence-electron chi connectivity index (χ3n) is 3.92. The fourth-order valence-corrected chi connectivity index (χ4v) is 2.58. The summed E-state index contributed by atoms with van der Waals surface area (Å²) in [4.78, 5) is 16.5. The maximum Gasteiger partial charge on any atom is 0.226 e. The van der Waals surface area contributed by atoms with Gasteiger partial charge in [-0.05, 0) is 42.7 Å². The molecular formula is C18H18N4O2. The smallest absolute Gasteiger partial charge is 0.226 e. The van der Waals surface area contributed by atoms with E-state index in [-0.39, 0.29) is 18.4 Å². The average molecular weight is 322 g/mol. The molecule has 1 amide bonds. The Bertz CT molecular complexity index is 830. The second-order valence-corrected chi connectivity index (χ2v) is 5.61. The molecule has 24 heavy (non-hydrogen) atoms. The van der Waals surface area contributed by atoms with Gasteiger partial charge >= 0.3 is 0 Å². The van der Waals surface area contributed by atoms with Crippen molar-refractivity contribution >= 4 is 5.91 Å². The number of carbonyl (C=O) groups excluding carboxylic acids is 1. The van der Waals surface area contributed by atoms with Gasteiger partial charge in [0, 0.05) is 12.4 Å². The van der Waals surface area contributed by atoms with E-state index < -0.39 is 0 Å². The number of benzene rings is 1. The fourth-order valence-electron chi connectivity index (χ4n) is 2.58. The van der Waals surface area contributed by atoms with E-state index in [9.17, 15) is 4.79 Å². The second kappa shape index (κ2) is 7.04. The summed E-state index contributed by atoms with van der Waals surface area (Å²) >= 11 is 0.